The summed E-state index contributed by atoms with van der Waals surface area (Å²) in [6, 6.07) is 2.95. The normalized spacial score (nSPS) is 11.4. The van der Waals surface area contributed by atoms with E-state index in [2.05, 4.69) is 0 Å². The molecule has 11 heteroatoms. The Morgan fingerprint density at radius 2 is 1.42 bits per heavy atom. The first-order valence-corrected chi connectivity index (χ1v) is 7.49. The van der Waals surface area contributed by atoms with E-state index in [1.165, 1.54) is 7.11 Å². The van der Waals surface area contributed by atoms with E-state index in [4.69, 9.17) is 4.74 Å². The molecule has 0 aromatic heterocycles. The first-order chi connectivity index (χ1) is 11.1. The average Bonchev–Trinajstić information content (AvgIpc) is 2.49. The largest absolute Gasteiger partial charge is 0.508 e. The molecule has 0 bridgehead atoms. The predicted octanol–water partition coefficient (Wildman–Crippen LogP) is 2.90. The van der Waals surface area contributed by atoms with Crippen LogP contribution < -0.4 is 9.46 Å². The van der Waals surface area contributed by atoms with Crippen LogP contribution in [0.3, 0.4) is 0 Å². The fraction of sp³-hybridized carbons (Fsp3) is 0.0769. The molecule has 0 saturated heterocycles. The highest BCUT2D eigenvalue weighted by molar-refractivity contribution is 7.92. The van der Waals surface area contributed by atoms with Crippen LogP contribution in [0.5, 0.6) is 11.5 Å². The van der Waals surface area contributed by atoms with E-state index >= 15 is 0 Å². The van der Waals surface area contributed by atoms with E-state index in [-0.39, 0.29) is 5.75 Å². The summed E-state index contributed by atoms with van der Waals surface area (Å²) >= 11 is 0. The molecule has 0 fully saturated rings. The van der Waals surface area contributed by atoms with Crippen LogP contribution in [-0.2, 0) is 10.0 Å². The number of anilines is 1. The Morgan fingerprint density at radius 3 is 1.92 bits per heavy atom. The Labute approximate surface area is 132 Å². The Hall–Kier alpha value is -2.56. The first-order valence-electron chi connectivity index (χ1n) is 6.00. The fourth-order valence-corrected chi connectivity index (χ4v) is 2.97. The molecule has 24 heavy (non-hydrogen) atoms. The van der Waals surface area contributed by atoms with E-state index in [0.717, 1.165) is 18.2 Å². The number of hydrogen-bond donors (Lipinski definition) is 2. The van der Waals surface area contributed by atoms with Crippen molar-refractivity contribution in [3.05, 3.63) is 47.3 Å². The number of methoxy groups -OCH3 is 1. The van der Waals surface area contributed by atoms with Crippen molar-refractivity contribution in [3.8, 4) is 11.5 Å². The molecule has 0 aliphatic heterocycles. The van der Waals surface area contributed by atoms with Crippen molar-refractivity contribution in [2.45, 2.75) is 4.90 Å². The number of aromatic hydroxyl groups is 1. The summed E-state index contributed by atoms with van der Waals surface area (Å²) in [6.07, 6.45) is 0. The molecule has 5 nitrogen and oxygen atoms in total. The number of halogens is 5. The van der Waals surface area contributed by atoms with Gasteiger partial charge in [-0.15, -0.1) is 0 Å². The molecule has 2 aromatic carbocycles. The maximum Gasteiger partial charge on any atom is 0.267 e. The number of benzene rings is 2. The third kappa shape index (κ3) is 3.07. The van der Waals surface area contributed by atoms with E-state index in [1.807, 2.05) is 0 Å². The van der Waals surface area contributed by atoms with Crippen molar-refractivity contribution >= 4 is 15.7 Å². The van der Waals surface area contributed by atoms with E-state index < -0.39 is 55.4 Å². The summed E-state index contributed by atoms with van der Waals surface area (Å²) in [6.45, 7) is 0. The molecule has 0 unspecified atom stereocenters. The molecule has 0 heterocycles. The molecule has 0 radical (unpaired) electrons. The standard InChI is InChI=1S/C13H8F5NO4S/c1-23-7-3-5(2-6(20)4-7)19-24(21,22)13-11(17)9(15)8(14)10(16)12(13)18/h2-4,19-20H,1H3. The van der Waals surface area contributed by atoms with Gasteiger partial charge in [-0.05, 0) is 0 Å². The van der Waals surface area contributed by atoms with Crippen LogP contribution in [0.15, 0.2) is 23.1 Å². The Kier molecular flexibility index (Phi) is 4.56. The molecule has 2 N–H and O–H groups in total. The minimum atomic E-state index is -5.19. The second kappa shape index (κ2) is 6.15. The van der Waals surface area contributed by atoms with Gasteiger partial charge in [-0.25, -0.2) is 30.4 Å². The summed E-state index contributed by atoms with van der Waals surface area (Å²) in [5.41, 5.74) is -0.421. The van der Waals surface area contributed by atoms with Crippen LogP contribution in [0.2, 0.25) is 0 Å². The quantitative estimate of drug-likeness (QED) is 0.494. The molecule has 0 saturated carbocycles. The van der Waals surface area contributed by atoms with Crippen LogP contribution in [0.1, 0.15) is 0 Å². The van der Waals surface area contributed by atoms with Gasteiger partial charge in [0.05, 0.1) is 12.8 Å². The molecule has 2 rings (SSSR count). The average molecular weight is 369 g/mol. The lowest BCUT2D eigenvalue weighted by molar-refractivity contribution is 0.358. The number of ether oxygens (including phenoxy) is 1. The van der Waals surface area contributed by atoms with Gasteiger partial charge < -0.3 is 9.84 Å². The number of sulfonamides is 1. The summed E-state index contributed by atoms with van der Waals surface area (Å²) in [5.74, 6) is -12.8. The number of hydrogen-bond acceptors (Lipinski definition) is 4. The van der Waals surface area contributed by atoms with Gasteiger partial charge in [0.2, 0.25) is 5.82 Å². The molecule has 0 atom stereocenters. The highest BCUT2D eigenvalue weighted by atomic mass is 32.2. The maximum atomic E-state index is 13.6. The van der Waals surface area contributed by atoms with Crippen LogP contribution in [-0.4, -0.2) is 20.6 Å². The van der Waals surface area contributed by atoms with Gasteiger partial charge in [-0.2, -0.15) is 0 Å². The summed E-state index contributed by atoms with van der Waals surface area (Å²) in [7, 11) is -4.00. The van der Waals surface area contributed by atoms with E-state index in [9.17, 15) is 35.5 Å². The van der Waals surface area contributed by atoms with Crippen LogP contribution in [0, 0.1) is 29.1 Å². The minimum absolute atomic E-state index is 0.0230. The SMILES string of the molecule is COc1cc(O)cc(NS(=O)(=O)c2c(F)c(F)c(F)c(F)c2F)c1. The smallest absolute Gasteiger partial charge is 0.267 e. The third-order valence-corrected chi connectivity index (χ3v) is 4.22. The molecule has 0 aliphatic carbocycles. The van der Waals surface area contributed by atoms with Crippen LogP contribution in [0.4, 0.5) is 27.6 Å². The third-order valence-electron chi connectivity index (χ3n) is 2.82. The number of phenolic OH excluding ortho intramolecular Hbond substituents is 1. The van der Waals surface area contributed by atoms with Gasteiger partial charge in [0.1, 0.15) is 11.5 Å². The summed E-state index contributed by atoms with van der Waals surface area (Å²) in [4.78, 5) is -2.04. The number of rotatable bonds is 4. The topological polar surface area (TPSA) is 75.6 Å². The number of nitrogens with one attached hydrogen (secondary N) is 1. The van der Waals surface area contributed by atoms with Crippen molar-refractivity contribution in [1.82, 2.24) is 0 Å². The van der Waals surface area contributed by atoms with Gasteiger partial charge in [0.25, 0.3) is 10.0 Å². The summed E-state index contributed by atoms with van der Waals surface area (Å²) in [5, 5.41) is 9.39. The molecular weight excluding hydrogens is 361 g/mol. The van der Waals surface area contributed by atoms with Crippen molar-refractivity contribution in [2.24, 2.45) is 0 Å². The molecule has 0 spiro atoms. The van der Waals surface area contributed by atoms with E-state index in [1.54, 1.807) is 4.72 Å². The second-order valence-corrected chi connectivity index (χ2v) is 6.04. The molecule has 0 aliphatic rings. The van der Waals surface area contributed by atoms with Gasteiger partial charge >= 0.3 is 0 Å². The molecule has 2 aromatic rings. The molecule has 130 valence electrons. The zero-order valence-electron chi connectivity index (χ0n) is 11.7. The summed E-state index contributed by atoms with van der Waals surface area (Å²) < 4.78 is 96.8. The zero-order valence-corrected chi connectivity index (χ0v) is 12.5. The molecule has 0 amide bonds. The van der Waals surface area contributed by atoms with E-state index in [0.29, 0.717) is 0 Å². The first kappa shape index (κ1) is 17.8. The predicted molar refractivity (Wildman–Crippen MR) is 71.7 cm³/mol. The Morgan fingerprint density at radius 1 is 0.917 bits per heavy atom. The van der Waals surface area contributed by atoms with Gasteiger partial charge in [-0.1, -0.05) is 0 Å². The highest BCUT2D eigenvalue weighted by Crippen LogP contribution is 2.30. The lowest BCUT2D eigenvalue weighted by Crippen LogP contribution is -2.19. The van der Waals surface area contributed by atoms with Gasteiger partial charge in [-0.3, -0.25) is 4.72 Å². The van der Waals surface area contributed by atoms with Crippen molar-refractivity contribution in [1.29, 1.82) is 0 Å². The minimum Gasteiger partial charge on any atom is -0.508 e. The van der Waals surface area contributed by atoms with Crippen LogP contribution >= 0.6 is 0 Å². The van der Waals surface area contributed by atoms with Crippen molar-refractivity contribution < 1.29 is 40.2 Å². The second-order valence-electron chi connectivity index (χ2n) is 4.42. The lowest BCUT2D eigenvalue weighted by Gasteiger charge is -2.12. The Balaban J connectivity index is 2.59. The monoisotopic (exact) mass is 369 g/mol. The zero-order chi connectivity index (χ0) is 18.2. The Bertz CT molecular complexity index is 888. The van der Waals surface area contributed by atoms with Crippen molar-refractivity contribution in [3.63, 3.8) is 0 Å². The fourth-order valence-electron chi connectivity index (χ4n) is 1.79. The molecular formula is C13H8F5NO4S. The van der Waals surface area contributed by atoms with Crippen LogP contribution in [0.25, 0.3) is 0 Å². The lowest BCUT2D eigenvalue weighted by atomic mass is 10.3. The van der Waals surface area contributed by atoms with Crippen molar-refractivity contribution in [2.75, 3.05) is 11.8 Å². The number of phenols is 1. The van der Waals surface area contributed by atoms with Gasteiger partial charge in [0.15, 0.2) is 28.2 Å². The maximum absolute atomic E-state index is 13.6. The highest BCUT2D eigenvalue weighted by Gasteiger charge is 2.33. The van der Waals surface area contributed by atoms with Gasteiger partial charge in [0, 0.05) is 18.2 Å².